The van der Waals surface area contributed by atoms with E-state index in [1.165, 1.54) is 12.8 Å². The number of benzene rings is 2. The molecule has 3 rings (SSSR count). The average Bonchev–Trinajstić information content (AvgIpc) is 3.16. The van der Waals surface area contributed by atoms with Crippen LogP contribution in [0.4, 0.5) is 0 Å². The van der Waals surface area contributed by atoms with Crippen LogP contribution in [0.3, 0.4) is 0 Å². The topological polar surface area (TPSA) is 58.4 Å². The minimum atomic E-state index is -0.274. The molecule has 0 saturated carbocycles. The predicted octanol–water partition coefficient (Wildman–Crippen LogP) is 3.87. The number of hydrogen-bond donors (Lipinski definition) is 2. The standard InChI is InChI=1S/C21H27N3O.2ClH/c22-19(17-9-3-1-4-10-17)15-21(25)23-20(16-24-13-7-8-14-24)18-11-5-2-6-12-18;;/h1-6,9-12,19-20H,7-8,13-16,22H2,(H,23,25);2*1H. The summed E-state index contributed by atoms with van der Waals surface area (Å²) in [6.07, 6.45) is 2.79. The summed E-state index contributed by atoms with van der Waals surface area (Å²) in [6.45, 7) is 3.09. The smallest absolute Gasteiger partial charge is 0.222 e. The fourth-order valence-corrected chi connectivity index (χ4v) is 3.41. The summed E-state index contributed by atoms with van der Waals surface area (Å²) in [4.78, 5) is 15.0. The highest BCUT2D eigenvalue weighted by molar-refractivity contribution is 5.85. The van der Waals surface area contributed by atoms with Crippen molar-refractivity contribution in [1.29, 1.82) is 0 Å². The second-order valence-electron chi connectivity index (χ2n) is 6.76. The Bertz CT molecular complexity index is 664. The Morgan fingerprint density at radius 3 is 2.00 bits per heavy atom. The van der Waals surface area contributed by atoms with Gasteiger partial charge < -0.3 is 16.0 Å². The molecule has 2 unspecified atom stereocenters. The molecule has 1 heterocycles. The maximum atomic E-state index is 12.6. The van der Waals surface area contributed by atoms with E-state index in [9.17, 15) is 4.79 Å². The molecule has 1 aliphatic rings. The number of nitrogens with two attached hydrogens (primary N) is 1. The zero-order valence-corrected chi connectivity index (χ0v) is 17.1. The summed E-state index contributed by atoms with van der Waals surface area (Å²) in [5, 5.41) is 3.20. The number of rotatable bonds is 7. The number of nitrogens with zero attached hydrogens (tertiary/aromatic N) is 1. The Kier molecular flexibility index (Phi) is 10.4. The molecule has 0 spiro atoms. The third-order valence-corrected chi connectivity index (χ3v) is 4.81. The van der Waals surface area contributed by atoms with Crippen LogP contribution in [0, 0.1) is 0 Å². The molecule has 148 valence electrons. The van der Waals surface area contributed by atoms with Crippen molar-refractivity contribution in [1.82, 2.24) is 10.2 Å². The highest BCUT2D eigenvalue weighted by Crippen LogP contribution is 2.19. The van der Waals surface area contributed by atoms with Crippen molar-refractivity contribution in [2.24, 2.45) is 5.73 Å². The summed E-state index contributed by atoms with van der Waals surface area (Å²) in [5.74, 6) is 0.00408. The predicted molar refractivity (Wildman–Crippen MR) is 115 cm³/mol. The molecule has 1 amide bonds. The van der Waals surface area contributed by atoms with Gasteiger partial charge in [0, 0.05) is 19.0 Å². The number of carbonyl (C=O) groups is 1. The minimum absolute atomic E-state index is 0. The monoisotopic (exact) mass is 409 g/mol. The summed E-state index contributed by atoms with van der Waals surface area (Å²) < 4.78 is 0. The number of hydrogen-bond acceptors (Lipinski definition) is 3. The molecule has 27 heavy (non-hydrogen) atoms. The van der Waals surface area contributed by atoms with Crippen molar-refractivity contribution in [3.8, 4) is 0 Å². The molecule has 1 fully saturated rings. The van der Waals surface area contributed by atoms with Crippen LogP contribution in [-0.2, 0) is 4.79 Å². The molecule has 0 radical (unpaired) electrons. The van der Waals surface area contributed by atoms with E-state index in [2.05, 4.69) is 22.3 Å². The van der Waals surface area contributed by atoms with Crippen LogP contribution >= 0.6 is 24.8 Å². The van der Waals surface area contributed by atoms with E-state index in [0.29, 0.717) is 6.42 Å². The van der Waals surface area contributed by atoms with Crippen molar-refractivity contribution in [3.63, 3.8) is 0 Å². The Morgan fingerprint density at radius 1 is 0.926 bits per heavy atom. The van der Waals surface area contributed by atoms with Crippen LogP contribution < -0.4 is 11.1 Å². The van der Waals surface area contributed by atoms with E-state index in [0.717, 1.165) is 30.8 Å². The van der Waals surface area contributed by atoms with Crippen molar-refractivity contribution in [2.45, 2.75) is 31.3 Å². The van der Waals surface area contributed by atoms with Crippen LogP contribution in [0.5, 0.6) is 0 Å². The van der Waals surface area contributed by atoms with Crippen LogP contribution in [-0.4, -0.2) is 30.4 Å². The molecule has 1 saturated heterocycles. The van der Waals surface area contributed by atoms with Gasteiger partial charge in [0.25, 0.3) is 0 Å². The summed E-state index contributed by atoms with van der Waals surface area (Å²) in [7, 11) is 0. The molecule has 6 heteroatoms. The van der Waals surface area contributed by atoms with Gasteiger partial charge >= 0.3 is 0 Å². The van der Waals surface area contributed by atoms with Crippen LogP contribution in [0.15, 0.2) is 60.7 Å². The lowest BCUT2D eigenvalue weighted by Crippen LogP contribution is -2.38. The largest absolute Gasteiger partial charge is 0.348 e. The third-order valence-electron chi connectivity index (χ3n) is 4.81. The minimum Gasteiger partial charge on any atom is -0.348 e. The Balaban J connectivity index is 0.00000182. The maximum absolute atomic E-state index is 12.6. The Morgan fingerprint density at radius 2 is 1.44 bits per heavy atom. The van der Waals surface area contributed by atoms with Gasteiger partial charge in [-0.1, -0.05) is 60.7 Å². The average molecular weight is 410 g/mol. The summed E-state index contributed by atoms with van der Waals surface area (Å²) >= 11 is 0. The van der Waals surface area contributed by atoms with Crippen LogP contribution in [0.1, 0.15) is 42.5 Å². The fraction of sp³-hybridized carbons (Fsp3) is 0.381. The van der Waals surface area contributed by atoms with Crippen LogP contribution in [0.2, 0.25) is 0 Å². The fourth-order valence-electron chi connectivity index (χ4n) is 3.41. The maximum Gasteiger partial charge on any atom is 0.222 e. The van der Waals surface area contributed by atoms with E-state index in [1.807, 2.05) is 48.5 Å². The molecule has 2 atom stereocenters. The van der Waals surface area contributed by atoms with Gasteiger partial charge in [0.05, 0.1) is 6.04 Å². The number of carbonyl (C=O) groups excluding carboxylic acids is 1. The second-order valence-corrected chi connectivity index (χ2v) is 6.76. The zero-order chi connectivity index (χ0) is 17.5. The van der Waals surface area contributed by atoms with E-state index < -0.39 is 0 Å². The molecule has 3 N–H and O–H groups in total. The number of amides is 1. The molecule has 1 aliphatic heterocycles. The molecule has 4 nitrogen and oxygen atoms in total. The van der Waals surface area contributed by atoms with Crippen molar-refractivity contribution < 1.29 is 4.79 Å². The highest BCUT2D eigenvalue weighted by Gasteiger charge is 2.21. The lowest BCUT2D eigenvalue weighted by Gasteiger charge is -2.25. The number of nitrogens with one attached hydrogen (secondary N) is 1. The second kappa shape index (κ2) is 12.0. The first-order valence-electron chi connectivity index (χ1n) is 9.09. The SMILES string of the molecule is Cl.Cl.NC(CC(=O)NC(CN1CCCC1)c1ccccc1)c1ccccc1. The van der Waals surface area contributed by atoms with E-state index in [-0.39, 0.29) is 42.8 Å². The van der Waals surface area contributed by atoms with E-state index >= 15 is 0 Å². The molecule has 0 aromatic heterocycles. The summed E-state index contributed by atoms with van der Waals surface area (Å²) in [5.41, 5.74) is 8.35. The third kappa shape index (κ3) is 7.15. The first-order chi connectivity index (χ1) is 12.2. The Labute approximate surface area is 174 Å². The normalized spacial score (nSPS) is 15.9. The van der Waals surface area contributed by atoms with Gasteiger partial charge in [0.2, 0.25) is 5.91 Å². The van der Waals surface area contributed by atoms with Crippen molar-refractivity contribution in [2.75, 3.05) is 19.6 Å². The molecule has 0 aliphatic carbocycles. The van der Waals surface area contributed by atoms with Gasteiger partial charge in [0.15, 0.2) is 0 Å². The number of likely N-dealkylation sites (tertiary alicyclic amines) is 1. The lowest BCUT2D eigenvalue weighted by molar-refractivity contribution is -0.122. The zero-order valence-electron chi connectivity index (χ0n) is 15.4. The molecule has 2 aromatic rings. The van der Waals surface area contributed by atoms with Gasteiger partial charge in [-0.15, -0.1) is 24.8 Å². The number of halogens is 2. The van der Waals surface area contributed by atoms with Crippen molar-refractivity contribution in [3.05, 3.63) is 71.8 Å². The van der Waals surface area contributed by atoms with Gasteiger partial charge in [-0.3, -0.25) is 4.79 Å². The Hall–Kier alpha value is -1.59. The first-order valence-corrected chi connectivity index (χ1v) is 9.09. The lowest BCUT2D eigenvalue weighted by atomic mass is 10.0. The van der Waals surface area contributed by atoms with Crippen LogP contribution in [0.25, 0.3) is 0 Å². The van der Waals surface area contributed by atoms with E-state index in [4.69, 9.17) is 5.73 Å². The molecule has 0 bridgehead atoms. The highest BCUT2D eigenvalue weighted by atomic mass is 35.5. The summed E-state index contributed by atoms with van der Waals surface area (Å²) in [6, 6.07) is 19.7. The molecular weight excluding hydrogens is 381 g/mol. The molecular formula is C21H29Cl2N3O. The molecule has 2 aromatic carbocycles. The van der Waals surface area contributed by atoms with E-state index in [1.54, 1.807) is 0 Å². The first kappa shape index (κ1) is 23.4. The van der Waals surface area contributed by atoms with Gasteiger partial charge in [-0.05, 0) is 37.1 Å². The van der Waals surface area contributed by atoms with Crippen molar-refractivity contribution >= 4 is 30.7 Å². The van der Waals surface area contributed by atoms with Gasteiger partial charge in [0.1, 0.15) is 0 Å². The van der Waals surface area contributed by atoms with Gasteiger partial charge in [-0.2, -0.15) is 0 Å². The quantitative estimate of drug-likeness (QED) is 0.729. The van der Waals surface area contributed by atoms with Gasteiger partial charge in [-0.25, -0.2) is 0 Å².